The molecule has 0 aliphatic rings. The molecular weight excluding hydrogens is 411 g/mol. The van der Waals surface area contributed by atoms with Crippen LogP contribution in [0, 0.1) is 10.1 Å². The highest BCUT2D eigenvalue weighted by molar-refractivity contribution is 6.43. The number of carboxylic acids is 1. The van der Waals surface area contributed by atoms with Gasteiger partial charge in [0.2, 0.25) is 11.6 Å². The molecule has 28 heavy (non-hydrogen) atoms. The third kappa shape index (κ3) is 7.74. The number of carbonyl (C=O) groups is 2. The van der Waals surface area contributed by atoms with Crippen LogP contribution in [0.15, 0.2) is 17.8 Å². The molecule has 1 unspecified atom stereocenters. The summed E-state index contributed by atoms with van der Waals surface area (Å²) in [7, 11) is 0. The minimum atomic E-state index is -1.10. The molecule has 0 aliphatic carbocycles. The Hall–Kier alpha value is -2.32. The van der Waals surface area contributed by atoms with E-state index in [1.807, 2.05) is 0 Å². The number of ether oxygens (including phenoxy) is 1. The van der Waals surface area contributed by atoms with Crippen molar-refractivity contribution in [2.24, 2.45) is 0 Å². The highest BCUT2D eigenvalue weighted by Crippen LogP contribution is 2.36. The Morgan fingerprint density at radius 2 is 2.04 bits per heavy atom. The van der Waals surface area contributed by atoms with Gasteiger partial charge in [-0.3, -0.25) is 19.7 Å². The predicted molar refractivity (Wildman–Crippen MR) is 106 cm³/mol. The summed E-state index contributed by atoms with van der Waals surface area (Å²) >= 11 is 12.4. The summed E-state index contributed by atoms with van der Waals surface area (Å²) in [4.78, 5) is 32.3. The maximum Gasteiger partial charge on any atom is 0.322 e. The van der Waals surface area contributed by atoms with Gasteiger partial charge in [-0.15, -0.1) is 0 Å². The van der Waals surface area contributed by atoms with E-state index in [0.29, 0.717) is 24.2 Å². The maximum absolute atomic E-state index is 11.5. The first-order chi connectivity index (χ1) is 13.1. The van der Waals surface area contributed by atoms with Crippen molar-refractivity contribution in [1.29, 1.82) is 0 Å². The molecule has 1 rings (SSSR count). The molecule has 0 spiro atoms. The summed E-state index contributed by atoms with van der Waals surface area (Å²) in [6, 6.07) is 3.18. The van der Waals surface area contributed by atoms with Crippen molar-refractivity contribution < 1.29 is 24.4 Å². The van der Waals surface area contributed by atoms with Crippen molar-refractivity contribution in [1.82, 2.24) is 5.32 Å². The van der Waals surface area contributed by atoms with E-state index in [4.69, 9.17) is 33.0 Å². The number of halogens is 2. The Balaban J connectivity index is 2.67. The normalized spacial score (nSPS) is 12.4. The number of rotatable bonds is 11. The number of nitrogens with one attached hydrogen (secondary N) is 1. The van der Waals surface area contributed by atoms with Crippen LogP contribution in [0.4, 0.5) is 0 Å². The molecule has 0 fully saturated rings. The lowest BCUT2D eigenvalue weighted by molar-refractivity contribution is -0.425. The van der Waals surface area contributed by atoms with E-state index in [1.165, 1.54) is 6.08 Å². The molecular formula is C18H22Cl2N2O6. The lowest BCUT2D eigenvalue weighted by atomic mass is 10.1. The number of carboxylic acid groups (broad SMARTS) is 1. The number of nitrogens with zero attached hydrogens (tertiary/aromatic N) is 1. The van der Waals surface area contributed by atoms with Crippen LogP contribution in [0.3, 0.4) is 0 Å². The topological polar surface area (TPSA) is 119 Å². The summed E-state index contributed by atoms with van der Waals surface area (Å²) in [5, 5.41) is 22.0. The summed E-state index contributed by atoms with van der Waals surface area (Å²) in [6.07, 6.45) is 2.57. The fourth-order valence-corrected chi connectivity index (χ4v) is 2.73. The number of allylic oxidation sites excluding steroid dienone is 1. The first-order valence-electron chi connectivity index (χ1n) is 8.63. The molecule has 1 aromatic carbocycles. The van der Waals surface area contributed by atoms with Crippen molar-refractivity contribution >= 4 is 41.2 Å². The van der Waals surface area contributed by atoms with E-state index in [-0.39, 0.29) is 40.6 Å². The third-order valence-electron chi connectivity index (χ3n) is 3.78. The van der Waals surface area contributed by atoms with Gasteiger partial charge in [-0.05, 0) is 31.9 Å². The average Bonchev–Trinajstić information content (AvgIpc) is 2.63. The molecule has 1 atom stereocenters. The Morgan fingerprint density at radius 3 is 2.61 bits per heavy atom. The first kappa shape index (κ1) is 23.7. The van der Waals surface area contributed by atoms with Crippen molar-refractivity contribution in [2.75, 3.05) is 6.54 Å². The molecule has 0 saturated carbocycles. The largest absolute Gasteiger partial charge is 0.489 e. The number of benzene rings is 1. The van der Waals surface area contributed by atoms with Crippen LogP contribution < -0.4 is 10.1 Å². The molecule has 1 aromatic rings. The number of amides is 1. The highest BCUT2D eigenvalue weighted by Gasteiger charge is 2.16. The maximum atomic E-state index is 11.5. The molecule has 2 N–H and O–H groups in total. The number of carbonyl (C=O) groups excluding carboxylic acids is 1. The highest BCUT2D eigenvalue weighted by atomic mass is 35.5. The van der Waals surface area contributed by atoms with Crippen LogP contribution in [0.1, 0.15) is 45.1 Å². The van der Waals surface area contributed by atoms with E-state index in [0.717, 1.165) is 0 Å². The van der Waals surface area contributed by atoms with E-state index in [2.05, 4.69) is 5.32 Å². The van der Waals surface area contributed by atoms with Gasteiger partial charge in [0.25, 0.3) is 0 Å². The van der Waals surface area contributed by atoms with Gasteiger partial charge in [0.05, 0.1) is 16.0 Å². The summed E-state index contributed by atoms with van der Waals surface area (Å²) in [6.45, 7) is 3.07. The van der Waals surface area contributed by atoms with Crippen LogP contribution in [-0.4, -0.2) is 34.6 Å². The van der Waals surface area contributed by atoms with Gasteiger partial charge < -0.3 is 15.2 Å². The molecule has 0 aromatic heterocycles. The average molecular weight is 433 g/mol. The molecule has 10 heteroatoms. The van der Waals surface area contributed by atoms with Crippen LogP contribution in [0.25, 0.3) is 6.08 Å². The minimum absolute atomic E-state index is 0.0150. The van der Waals surface area contributed by atoms with Crippen LogP contribution in [0.5, 0.6) is 5.75 Å². The minimum Gasteiger partial charge on any atom is -0.489 e. The lowest BCUT2D eigenvalue weighted by Gasteiger charge is -2.17. The second-order valence-corrected chi connectivity index (χ2v) is 6.77. The molecule has 0 saturated heterocycles. The van der Waals surface area contributed by atoms with Crippen molar-refractivity contribution in [2.45, 2.75) is 45.6 Å². The zero-order valence-electron chi connectivity index (χ0n) is 15.5. The zero-order valence-corrected chi connectivity index (χ0v) is 17.0. The first-order valence-corrected chi connectivity index (χ1v) is 9.39. The Kier molecular flexibility index (Phi) is 9.75. The second kappa shape index (κ2) is 11.5. The van der Waals surface area contributed by atoms with E-state index in [1.54, 1.807) is 26.0 Å². The molecule has 1 amide bonds. The van der Waals surface area contributed by atoms with Gasteiger partial charge in [0.15, 0.2) is 0 Å². The van der Waals surface area contributed by atoms with E-state index in [9.17, 15) is 19.7 Å². The molecule has 0 aliphatic heterocycles. The molecule has 154 valence electrons. The van der Waals surface area contributed by atoms with Gasteiger partial charge in [-0.25, -0.2) is 0 Å². The van der Waals surface area contributed by atoms with E-state index < -0.39 is 17.4 Å². The summed E-state index contributed by atoms with van der Waals surface area (Å²) in [5.41, 5.74) is 0.441. The van der Waals surface area contributed by atoms with Crippen LogP contribution in [0.2, 0.25) is 10.0 Å². The lowest BCUT2D eigenvalue weighted by Crippen LogP contribution is -2.29. The molecule has 0 radical (unpaired) electrons. The fraction of sp³-hybridized carbons (Fsp3) is 0.444. The Bertz CT molecular complexity index is 767. The quantitative estimate of drug-likeness (QED) is 0.400. The van der Waals surface area contributed by atoms with Crippen molar-refractivity contribution in [3.05, 3.63) is 43.6 Å². The number of hydrogen-bond donors (Lipinski definition) is 2. The summed E-state index contributed by atoms with van der Waals surface area (Å²) < 4.78 is 5.74. The Labute approximate surface area is 172 Å². The molecule has 0 bridgehead atoms. The zero-order chi connectivity index (χ0) is 21.3. The van der Waals surface area contributed by atoms with Gasteiger partial charge in [-0.2, -0.15) is 0 Å². The molecule has 0 heterocycles. The summed E-state index contributed by atoms with van der Waals surface area (Å²) in [5.74, 6) is -1.10. The fourth-order valence-electron chi connectivity index (χ4n) is 2.30. The monoisotopic (exact) mass is 432 g/mol. The Morgan fingerprint density at radius 1 is 1.36 bits per heavy atom. The molecule has 8 nitrogen and oxygen atoms in total. The van der Waals surface area contributed by atoms with Crippen molar-refractivity contribution in [3.63, 3.8) is 0 Å². The second-order valence-electron chi connectivity index (χ2n) is 6.02. The number of hydrogen-bond acceptors (Lipinski definition) is 5. The van der Waals surface area contributed by atoms with Crippen molar-refractivity contribution in [3.8, 4) is 5.75 Å². The van der Waals surface area contributed by atoms with Gasteiger partial charge >= 0.3 is 5.97 Å². The number of aliphatic carboxylic acids is 1. The van der Waals surface area contributed by atoms with Gasteiger partial charge in [0, 0.05) is 24.5 Å². The number of nitro groups is 1. The third-order valence-corrected chi connectivity index (χ3v) is 4.65. The smallest absolute Gasteiger partial charge is 0.322 e. The van der Waals surface area contributed by atoms with Crippen LogP contribution in [-0.2, 0) is 9.59 Å². The standard InChI is InChI=1S/C18H22Cl2N2O6/c1-3-13(22(26)27)9-12-7-8-14(18(20)17(12)19)28-11(2)5-4-6-15(23)21-10-16(24)25/h7-9,11H,3-6,10H2,1-2H3,(H,21,23)(H,24,25)/b13-9+. The van der Waals surface area contributed by atoms with Gasteiger partial charge in [0.1, 0.15) is 17.3 Å². The predicted octanol–water partition coefficient (Wildman–Crippen LogP) is 4.16. The van der Waals surface area contributed by atoms with Crippen LogP contribution >= 0.6 is 23.2 Å². The SMILES string of the molecule is CC/C(=C\c1ccc(OC(C)CCCC(=O)NCC(=O)O)c(Cl)c1Cl)[N+](=O)[O-]. The van der Waals surface area contributed by atoms with E-state index >= 15 is 0 Å². The van der Waals surface area contributed by atoms with Gasteiger partial charge in [-0.1, -0.05) is 30.1 Å².